The summed E-state index contributed by atoms with van der Waals surface area (Å²) in [6.07, 6.45) is 8.45. The Morgan fingerprint density at radius 1 is 1.00 bits per heavy atom. The first-order chi connectivity index (χ1) is 14.2. The Labute approximate surface area is 167 Å². The van der Waals surface area contributed by atoms with E-state index in [9.17, 15) is 4.79 Å². The number of hydrogen-bond acceptors (Lipinski definition) is 6. The molecular weight excluding hydrogens is 366 g/mol. The van der Waals surface area contributed by atoms with Gasteiger partial charge in [-0.1, -0.05) is 12.1 Å². The maximum absolute atomic E-state index is 11.8. The molecule has 4 rings (SSSR count). The van der Waals surface area contributed by atoms with Gasteiger partial charge in [0.2, 0.25) is 0 Å². The Hall–Kier alpha value is -4.07. The van der Waals surface area contributed by atoms with Gasteiger partial charge in [-0.15, -0.1) is 0 Å². The van der Waals surface area contributed by atoms with Crippen molar-refractivity contribution in [3.63, 3.8) is 0 Å². The van der Waals surface area contributed by atoms with Gasteiger partial charge in [-0.05, 0) is 35.9 Å². The molecule has 3 heterocycles. The highest BCUT2D eigenvalue weighted by atomic mass is 16.1. The van der Waals surface area contributed by atoms with Crippen molar-refractivity contribution in [2.75, 3.05) is 11.9 Å². The Morgan fingerprint density at radius 2 is 1.83 bits per heavy atom. The molecule has 0 fully saturated rings. The van der Waals surface area contributed by atoms with E-state index in [1.54, 1.807) is 50.2 Å². The molecule has 0 saturated carbocycles. The number of amides is 1. The number of nitrogens with one attached hydrogen (secondary N) is 2. The van der Waals surface area contributed by atoms with Gasteiger partial charge in [0.15, 0.2) is 5.82 Å². The van der Waals surface area contributed by atoms with Gasteiger partial charge in [0.05, 0.1) is 18.4 Å². The molecule has 0 aliphatic rings. The van der Waals surface area contributed by atoms with Gasteiger partial charge < -0.3 is 10.2 Å². The summed E-state index contributed by atoms with van der Waals surface area (Å²) in [7, 11) is 1.62. The zero-order chi connectivity index (χ0) is 20.1. The Balaban J connectivity index is 1.68. The summed E-state index contributed by atoms with van der Waals surface area (Å²) in [5, 5.41) is 9.61. The zero-order valence-electron chi connectivity index (χ0n) is 15.8. The highest BCUT2D eigenvalue weighted by Crippen LogP contribution is 2.27. The number of aromatic nitrogens is 5. The highest BCUT2D eigenvalue weighted by molar-refractivity contribution is 5.93. The first kappa shape index (κ1) is 18.3. The van der Waals surface area contributed by atoms with E-state index in [4.69, 9.17) is 0 Å². The number of nitrogens with zero attached hydrogens (tertiary/aromatic N) is 5. The second-order valence-corrected chi connectivity index (χ2v) is 6.30. The van der Waals surface area contributed by atoms with Gasteiger partial charge in [-0.3, -0.25) is 14.9 Å². The minimum atomic E-state index is -0.115. The van der Waals surface area contributed by atoms with Gasteiger partial charge in [0.25, 0.3) is 5.91 Å². The SMILES string of the molecule is CNC(=O)c1ccc(CN(c2cnccn2)c2cc(-c3ccn[nH]3)ccn2)cc1. The lowest BCUT2D eigenvalue weighted by molar-refractivity contribution is 0.0963. The fourth-order valence-corrected chi connectivity index (χ4v) is 2.95. The molecule has 0 saturated heterocycles. The molecule has 0 unspecified atom stereocenters. The maximum atomic E-state index is 11.8. The van der Waals surface area contributed by atoms with Crippen molar-refractivity contribution in [3.05, 3.63) is 84.6 Å². The number of anilines is 2. The number of H-pyrrole nitrogens is 1. The molecule has 8 heteroatoms. The van der Waals surface area contributed by atoms with Crippen LogP contribution in [0.4, 0.5) is 11.6 Å². The van der Waals surface area contributed by atoms with E-state index in [0.29, 0.717) is 17.9 Å². The van der Waals surface area contributed by atoms with Crippen LogP contribution in [0.2, 0.25) is 0 Å². The molecule has 0 bridgehead atoms. The minimum absolute atomic E-state index is 0.115. The molecule has 8 nitrogen and oxygen atoms in total. The van der Waals surface area contributed by atoms with E-state index >= 15 is 0 Å². The second-order valence-electron chi connectivity index (χ2n) is 6.30. The molecule has 0 aliphatic heterocycles. The van der Waals surface area contributed by atoms with E-state index in [-0.39, 0.29) is 5.91 Å². The number of pyridine rings is 1. The lowest BCUT2D eigenvalue weighted by Crippen LogP contribution is -2.20. The second kappa shape index (κ2) is 8.30. The summed E-state index contributed by atoms with van der Waals surface area (Å²) in [4.78, 5) is 26.9. The number of carbonyl (C=O) groups is 1. The third-order valence-electron chi connectivity index (χ3n) is 4.44. The van der Waals surface area contributed by atoms with E-state index in [0.717, 1.165) is 22.6 Å². The molecule has 0 spiro atoms. The monoisotopic (exact) mass is 385 g/mol. The van der Waals surface area contributed by atoms with Crippen LogP contribution >= 0.6 is 0 Å². The van der Waals surface area contributed by atoms with Crippen LogP contribution in [0.25, 0.3) is 11.3 Å². The Morgan fingerprint density at radius 3 is 2.52 bits per heavy atom. The first-order valence-corrected chi connectivity index (χ1v) is 9.05. The molecule has 0 atom stereocenters. The average Bonchev–Trinajstić information content (AvgIpc) is 3.33. The van der Waals surface area contributed by atoms with Crippen molar-refractivity contribution in [2.24, 2.45) is 0 Å². The standard InChI is InChI=1S/C21H19N7O/c1-22-21(29)16-4-2-15(3-5-16)14-28(20-13-23-10-11-25-20)19-12-17(6-8-24-19)18-7-9-26-27-18/h2-13H,14H2,1H3,(H,22,29)(H,26,27). The third kappa shape index (κ3) is 4.11. The van der Waals surface area contributed by atoms with Crippen LogP contribution < -0.4 is 10.2 Å². The molecular formula is C21H19N7O. The first-order valence-electron chi connectivity index (χ1n) is 9.05. The molecule has 2 N–H and O–H groups in total. The fourth-order valence-electron chi connectivity index (χ4n) is 2.95. The van der Waals surface area contributed by atoms with E-state index in [1.807, 2.05) is 35.2 Å². The summed E-state index contributed by atoms with van der Waals surface area (Å²) in [5.74, 6) is 1.29. The van der Waals surface area contributed by atoms with Crippen LogP contribution in [0, 0.1) is 0 Å². The number of aromatic amines is 1. The van der Waals surface area contributed by atoms with Crippen molar-refractivity contribution in [2.45, 2.75) is 6.54 Å². The van der Waals surface area contributed by atoms with Crippen molar-refractivity contribution < 1.29 is 4.79 Å². The smallest absolute Gasteiger partial charge is 0.251 e. The van der Waals surface area contributed by atoms with Crippen molar-refractivity contribution in [1.29, 1.82) is 0 Å². The number of benzene rings is 1. The van der Waals surface area contributed by atoms with Crippen molar-refractivity contribution >= 4 is 17.5 Å². The zero-order valence-corrected chi connectivity index (χ0v) is 15.8. The molecule has 29 heavy (non-hydrogen) atoms. The summed E-state index contributed by atoms with van der Waals surface area (Å²) in [5.41, 5.74) is 3.50. The normalized spacial score (nSPS) is 10.5. The number of hydrogen-bond donors (Lipinski definition) is 2. The highest BCUT2D eigenvalue weighted by Gasteiger charge is 2.15. The molecule has 1 aromatic carbocycles. The van der Waals surface area contributed by atoms with Gasteiger partial charge >= 0.3 is 0 Å². The molecule has 3 aromatic heterocycles. The van der Waals surface area contributed by atoms with E-state index in [2.05, 4.69) is 30.5 Å². The summed E-state index contributed by atoms with van der Waals surface area (Å²) >= 11 is 0. The van der Waals surface area contributed by atoms with Crippen molar-refractivity contribution in [1.82, 2.24) is 30.5 Å². The minimum Gasteiger partial charge on any atom is -0.355 e. The summed E-state index contributed by atoms with van der Waals surface area (Å²) in [6, 6.07) is 13.3. The quantitative estimate of drug-likeness (QED) is 0.529. The summed E-state index contributed by atoms with van der Waals surface area (Å²) < 4.78 is 0. The summed E-state index contributed by atoms with van der Waals surface area (Å²) in [6.45, 7) is 0.520. The van der Waals surface area contributed by atoms with Gasteiger partial charge in [0.1, 0.15) is 5.82 Å². The number of rotatable bonds is 6. The van der Waals surface area contributed by atoms with Crippen LogP contribution in [-0.2, 0) is 6.54 Å². The fraction of sp³-hybridized carbons (Fsp3) is 0.0952. The van der Waals surface area contributed by atoms with Crippen molar-refractivity contribution in [3.8, 4) is 11.3 Å². The van der Waals surface area contributed by atoms with Crippen LogP contribution in [0.3, 0.4) is 0 Å². The van der Waals surface area contributed by atoms with E-state index in [1.165, 1.54) is 0 Å². The maximum Gasteiger partial charge on any atom is 0.251 e. The molecule has 1 amide bonds. The van der Waals surface area contributed by atoms with Crippen LogP contribution in [0.15, 0.2) is 73.4 Å². The Kier molecular flexibility index (Phi) is 5.24. The average molecular weight is 385 g/mol. The van der Waals surface area contributed by atoms with Crippen LogP contribution in [-0.4, -0.2) is 38.1 Å². The Bertz CT molecular complexity index is 1080. The van der Waals surface area contributed by atoms with Crippen LogP contribution in [0.1, 0.15) is 15.9 Å². The predicted molar refractivity (Wildman–Crippen MR) is 110 cm³/mol. The molecule has 0 aliphatic carbocycles. The third-order valence-corrected chi connectivity index (χ3v) is 4.44. The van der Waals surface area contributed by atoms with Crippen LogP contribution in [0.5, 0.6) is 0 Å². The van der Waals surface area contributed by atoms with Gasteiger partial charge in [-0.25, -0.2) is 9.97 Å². The molecule has 144 valence electrons. The molecule has 0 radical (unpaired) electrons. The molecule has 4 aromatic rings. The topological polar surface area (TPSA) is 99.7 Å². The number of carbonyl (C=O) groups excluding carboxylic acids is 1. The van der Waals surface area contributed by atoms with E-state index < -0.39 is 0 Å². The predicted octanol–water partition coefficient (Wildman–Crippen LogP) is 2.96. The largest absolute Gasteiger partial charge is 0.355 e. The lowest BCUT2D eigenvalue weighted by atomic mass is 10.1. The lowest BCUT2D eigenvalue weighted by Gasteiger charge is -2.23. The van der Waals surface area contributed by atoms with Gasteiger partial charge in [0, 0.05) is 43.0 Å². The van der Waals surface area contributed by atoms with Gasteiger partial charge in [-0.2, -0.15) is 5.10 Å².